The fourth-order valence-electron chi connectivity index (χ4n) is 12.4. The van der Waals surface area contributed by atoms with Crippen LogP contribution in [0.4, 0.5) is 0 Å². The first-order valence-corrected chi connectivity index (χ1v) is 30.5. The van der Waals surface area contributed by atoms with Gasteiger partial charge >= 0.3 is 0 Å². The molecule has 0 spiro atoms. The molecule has 0 radical (unpaired) electrons. The third-order valence-electron chi connectivity index (χ3n) is 17.4. The molecule has 13 aromatic rings. The molecule has 426 valence electrons. The maximum absolute atomic E-state index is 5.22. The molecule has 0 atom stereocenters. The molecule has 0 saturated carbocycles. The molecular weight excluding hydrogens is 1080 g/mol. The van der Waals surface area contributed by atoms with E-state index in [0.717, 1.165) is 167 Å². The lowest BCUT2D eigenvalue weighted by Crippen LogP contribution is -2.14. The second kappa shape index (κ2) is 25.7. The molecule has 0 nitrogen and oxygen atoms in total. The monoisotopic (exact) mass is 1150 g/mol. The van der Waals surface area contributed by atoms with Gasteiger partial charge in [-0.15, -0.1) is 0 Å². The molecule has 0 aromatic heterocycles. The maximum atomic E-state index is 5.22. The highest BCUT2D eigenvalue weighted by Crippen LogP contribution is 2.52. The van der Waals surface area contributed by atoms with E-state index in [4.69, 9.17) is 39.5 Å². The lowest BCUT2D eigenvalue weighted by Gasteiger charge is -2.32. The van der Waals surface area contributed by atoms with E-state index >= 15 is 0 Å². The van der Waals surface area contributed by atoms with Crippen molar-refractivity contribution in [2.24, 2.45) is 0 Å². The van der Waals surface area contributed by atoms with Gasteiger partial charge in [-0.3, -0.25) is 0 Å². The molecule has 0 aliphatic rings. The first kappa shape index (κ1) is 57.4. The molecule has 0 aliphatic carbocycles. The summed E-state index contributed by atoms with van der Waals surface area (Å²) in [5, 5.41) is 0. The molecule has 0 saturated heterocycles. The highest BCUT2D eigenvalue weighted by Gasteiger charge is 2.33. The van der Waals surface area contributed by atoms with Crippen LogP contribution in [0, 0.1) is 0 Å². The molecule has 0 fully saturated rings. The zero-order chi connectivity index (χ0) is 61.5. The molecule has 90 heavy (non-hydrogen) atoms. The Bertz CT molecular complexity index is 3940. The van der Waals surface area contributed by atoms with Gasteiger partial charge in [-0.25, -0.2) is 0 Å². The van der Waals surface area contributed by atoms with Gasteiger partial charge in [-0.1, -0.05) is 367 Å². The fraction of sp³-hybridized carbons (Fsp3) is 0. The van der Waals surface area contributed by atoms with Crippen molar-refractivity contribution in [1.29, 1.82) is 0 Å². The van der Waals surface area contributed by atoms with E-state index in [-0.39, 0.29) is 0 Å². The lowest BCUT2D eigenvalue weighted by atomic mass is 9.70. The van der Waals surface area contributed by atoms with E-state index in [9.17, 15) is 0 Å². The van der Waals surface area contributed by atoms with Gasteiger partial charge in [0.05, 0.1) is 0 Å². The Labute approximate surface area is 530 Å². The van der Waals surface area contributed by atoms with Gasteiger partial charge in [-0.05, 0) is 167 Å². The third-order valence-corrected chi connectivity index (χ3v) is 17.4. The summed E-state index contributed by atoms with van der Waals surface area (Å²) in [5.41, 5.74) is 28.9. The summed E-state index contributed by atoms with van der Waals surface area (Å²) in [6, 6.07) is 116. The van der Waals surface area contributed by atoms with Crippen LogP contribution in [0.15, 0.2) is 367 Å². The number of hydrogen-bond donors (Lipinski definition) is 0. The van der Waals surface area contributed by atoms with Gasteiger partial charge in [-0.2, -0.15) is 0 Å². The molecule has 0 heterocycles. The van der Waals surface area contributed by atoms with Gasteiger partial charge in [0.25, 0.3) is 0 Å². The van der Waals surface area contributed by atoms with Crippen LogP contribution in [0.3, 0.4) is 0 Å². The molecule has 0 N–H and O–H groups in total. The van der Waals surface area contributed by atoms with Gasteiger partial charge in [0, 0.05) is 0 Å². The highest BCUT2D eigenvalue weighted by molar-refractivity contribution is 6.10. The summed E-state index contributed by atoms with van der Waals surface area (Å²) in [5.74, 6) is 0. The van der Waals surface area contributed by atoms with Crippen molar-refractivity contribution in [3.63, 3.8) is 0 Å². The van der Waals surface area contributed by atoms with Crippen LogP contribution in [-0.4, -0.2) is 0 Å². The number of benzene rings is 13. The highest BCUT2D eigenvalue weighted by atomic mass is 14.4. The summed E-state index contributed by atoms with van der Waals surface area (Å²) in [6.45, 7) is 31.3. The largest absolute Gasteiger partial charge is 0.0905 e. The Hall–Kier alpha value is -11.7. The Morgan fingerprint density at radius 3 is 0.333 bits per heavy atom. The Balaban J connectivity index is 1.15. The summed E-state index contributed by atoms with van der Waals surface area (Å²) < 4.78 is 0. The topological polar surface area (TPSA) is 0 Å². The Morgan fingerprint density at radius 2 is 0.222 bits per heavy atom. The molecule has 13 aromatic carbocycles. The SMILES string of the molecule is C=C(c1ccc(-c2ccccc2)cc1)c1c(C(=C)c2ccc(-c3ccccc3)cc2)c(C(=C)c2ccc(-c3ccccc3)cc2)c(C(=C)c2ccc(-c3ccccc3)cc2)c(C(=C)c2ccc(-c3ccccc3)cc2)c1C(=C)c1ccc(-c2ccccc2)cc1. The predicted octanol–water partition coefficient (Wildman–Crippen LogP) is 24.1. The van der Waals surface area contributed by atoms with Crippen molar-refractivity contribution < 1.29 is 0 Å². The minimum atomic E-state index is 0.787. The first-order valence-electron chi connectivity index (χ1n) is 30.5. The first-order chi connectivity index (χ1) is 44.2. The summed E-state index contributed by atoms with van der Waals surface area (Å²) in [4.78, 5) is 0. The number of hydrogen-bond acceptors (Lipinski definition) is 0. The van der Waals surface area contributed by atoms with Crippen LogP contribution in [0.5, 0.6) is 0 Å². The average molecular weight is 1150 g/mol. The minimum absolute atomic E-state index is 0.787. The van der Waals surface area contributed by atoms with Crippen molar-refractivity contribution in [1.82, 2.24) is 0 Å². The van der Waals surface area contributed by atoms with Crippen molar-refractivity contribution in [2.45, 2.75) is 0 Å². The van der Waals surface area contributed by atoms with E-state index in [2.05, 4.69) is 328 Å². The molecule has 0 bridgehead atoms. The van der Waals surface area contributed by atoms with Crippen LogP contribution < -0.4 is 0 Å². The van der Waals surface area contributed by atoms with Gasteiger partial charge in [0.15, 0.2) is 0 Å². The second-order valence-electron chi connectivity index (χ2n) is 22.8. The zero-order valence-electron chi connectivity index (χ0n) is 50.4. The van der Waals surface area contributed by atoms with E-state index in [1.54, 1.807) is 0 Å². The van der Waals surface area contributed by atoms with E-state index in [1.165, 1.54) is 0 Å². The molecular formula is C90H66. The second-order valence-corrected chi connectivity index (χ2v) is 22.8. The van der Waals surface area contributed by atoms with E-state index in [1.807, 2.05) is 0 Å². The summed E-state index contributed by atoms with van der Waals surface area (Å²) >= 11 is 0. The van der Waals surface area contributed by atoms with E-state index in [0.29, 0.717) is 0 Å². The minimum Gasteiger partial charge on any atom is -0.0905 e. The van der Waals surface area contributed by atoms with E-state index < -0.39 is 0 Å². The normalized spacial score (nSPS) is 10.9. The van der Waals surface area contributed by atoms with Gasteiger partial charge < -0.3 is 0 Å². The molecule has 0 aliphatic heterocycles. The quantitative estimate of drug-likeness (QED) is 0.0803. The van der Waals surface area contributed by atoms with Crippen molar-refractivity contribution in [3.05, 3.63) is 434 Å². The molecule has 0 heteroatoms. The zero-order valence-corrected chi connectivity index (χ0v) is 50.4. The van der Waals surface area contributed by atoms with Crippen LogP contribution in [0.25, 0.3) is 100 Å². The fourth-order valence-corrected chi connectivity index (χ4v) is 12.4. The molecule has 0 amide bonds. The van der Waals surface area contributed by atoms with Gasteiger partial charge in [0.1, 0.15) is 0 Å². The number of rotatable bonds is 18. The smallest absolute Gasteiger partial charge is 0.00138 e. The standard InChI is InChI=1S/C90H66/c1-61(67-37-49-79(50-38-67)73-25-13-7-14-26-73)85-86(62(2)68-39-51-80(52-40-68)74-27-15-8-16-28-74)88(64(4)70-43-55-82(56-44-70)76-31-19-10-20-32-76)90(66(6)72-47-59-84(60-48-72)78-35-23-12-24-36-78)89(65(5)71-45-57-83(58-46-71)77-33-21-11-22-34-77)87(85)63(3)69-41-53-81(54-42-69)75-29-17-9-18-30-75/h7-60H,1-6H2. The molecule has 0 unspecified atom stereocenters. The molecule has 13 rings (SSSR count). The van der Waals surface area contributed by atoms with Crippen molar-refractivity contribution in [3.8, 4) is 66.8 Å². The van der Waals surface area contributed by atoms with Crippen LogP contribution in [0.2, 0.25) is 0 Å². The lowest BCUT2D eigenvalue weighted by molar-refractivity contribution is 1.36. The van der Waals surface area contributed by atoms with Crippen molar-refractivity contribution in [2.75, 3.05) is 0 Å². The maximum Gasteiger partial charge on any atom is -0.00138 e. The Morgan fingerprint density at radius 1 is 0.122 bits per heavy atom. The summed E-state index contributed by atoms with van der Waals surface area (Å²) in [7, 11) is 0. The van der Waals surface area contributed by atoms with Crippen LogP contribution >= 0.6 is 0 Å². The summed E-state index contributed by atoms with van der Waals surface area (Å²) in [6.07, 6.45) is 0. The Kier molecular flexibility index (Phi) is 16.4. The third kappa shape index (κ3) is 11.7. The van der Waals surface area contributed by atoms with Crippen LogP contribution in [0.1, 0.15) is 66.8 Å². The average Bonchev–Trinajstić information content (AvgIpc) is 0.723. The predicted molar refractivity (Wildman–Crippen MR) is 387 cm³/mol. The van der Waals surface area contributed by atoms with Crippen LogP contribution in [-0.2, 0) is 0 Å². The van der Waals surface area contributed by atoms with Crippen molar-refractivity contribution >= 4 is 33.4 Å². The van der Waals surface area contributed by atoms with Gasteiger partial charge in [0.2, 0.25) is 0 Å².